The van der Waals surface area contributed by atoms with Crippen molar-refractivity contribution in [3.63, 3.8) is 0 Å². The molecule has 1 radical (unpaired) electrons. The Balaban J connectivity index is 0.000000256. The van der Waals surface area contributed by atoms with E-state index >= 15 is 0 Å². The van der Waals surface area contributed by atoms with Crippen LogP contribution in [0.4, 0.5) is 32.0 Å². The second kappa shape index (κ2) is 17.1. The van der Waals surface area contributed by atoms with E-state index in [4.69, 9.17) is 17.1 Å². The normalized spacial score (nSPS) is 15.6. The van der Waals surface area contributed by atoms with E-state index in [0.29, 0.717) is 78.6 Å². The van der Waals surface area contributed by atoms with E-state index in [1.54, 1.807) is 76.2 Å². The van der Waals surface area contributed by atoms with Crippen molar-refractivity contribution >= 4 is 28.3 Å². The number of allylic oxidation sites excluding steroid dienone is 4. The van der Waals surface area contributed by atoms with Crippen LogP contribution in [-0.4, -0.2) is 17.6 Å². The monoisotopic (exact) mass is 845 g/mol. The van der Waals surface area contributed by atoms with Crippen molar-refractivity contribution < 1.29 is 43.1 Å². The first-order valence-electron chi connectivity index (χ1n) is 17.4. The molecule has 0 aliphatic carbocycles. The summed E-state index contributed by atoms with van der Waals surface area (Å²) < 4.78 is 81.3. The third-order valence-corrected chi connectivity index (χ3v) is 9.79. The van der Waals surface area contributed by atoms with Gasteiger partial charge < -0.3 is 9.97 Å². The van der Waals surface area contributed by atoms with Crippen LogP contribution in [0.2, 0.25) is 0 Å². The molecule has 2 aromatic carbocycles. The van der Waals surface area contributed by atoms with Crippen LogP contribution in [0.1, 0.15) is 89.4 Å². The molecule has 0 saturated carbocycles. The number of halogens is 6. The third-order valence-electron chi connectivity index (χ3n) is 9.79. The fourth-order valence-corrected chi connectivity index (χ4v) is 7.11. The molecule has 299 valence electrons. The summed E-state index contributed by atoms with van der Waals surface area (Å²) >= 11 is 0. The Hall–Kier alpha value is -6.65. The van der Waals surface area contributed by atoms with Crippen molar-refractivity contribution in [1.29, 1.82) is 15.8 Å². The molecule has 2 aliphatic heterocycles. The first-order chi connectivity index (χ1) is 27.2. The number of aliphatic imine (C=N–C) groups is 2. The van der Waals surface area contributed by atoms with Crippen LogP contribution in [0.5, 0.6) is 0 Å². The van der Waals surface area contributed by atoms with E-state index in [-0.39, 0.29) is 50.7 Å². The van der Waals surface area contributed by atoms with Crippen molar-refractivity contribution in [2.24, 2.45) is 9.98 Å². The van der Waals surface area contributed by atoms with E-state index in [2.05, 4.69) is 30.9 Å². The van der Waals surface area contributed by atoms with Gasteiger partial charge in [-0.05, 0) is 92.3 Å². The second-order valence-electron chi connectivity index (χ2n) is 13.5. The summed E-state index contributed by atoms with van der Waals surface area (Å²) in [6.07, 6.45) is -9.06. The van der Waals surface area contributed by atoms with Crippen molar-refractivity contribution in [2.75, 3.05) is 0 Å². The molecular weight excluding hydrogens is 813 g/mol. The van der Waals surface area contributed by atoms with E-state index < -0.39 is 23.5 Å². The van der Waals surface area contributed by atoms with Gasteiger partial charge in [0.15, 0.2) is 5.69 Å². The zero-order valence-corrected chi connectivity index (χ0v) is 33.8. The van der Waals surface area contributed by atoms with Gasteiger partial charge in [-0.15, -0.1) is 17.1 Å². The fourth-order valence-electron chi connectivity index (χ4n) is 7.11. The average molecular weight is 846 g/mol. The molecule has 0 fully saturated rings. The van der Waals surface area contributed by atoms with Gasteiger partial charge in [0.25, 0.3) is 0 Å². The summed E-state index contributed by atoms with van der Waals surface area (Å²) in [5.41, 5.74) is 5.25. The maximum absolute atomic E-state index is 13.6. The van der Waals surface area contributed by atoms with Crippen molar-refractivity contribution in [3.8, 4) is 18.2 Å². The number of hydrogen-bond donors (Lipinski definition) is 0. The number of nitrogens with zero attached hydrogens (tertiary/aromatic N) is 8. The van der Waals surface area contributed by atoms with Crippen LogP contribution in [0.15, 0.2) is 92.2 Å². The maximum Gasteiger partial charge on any atom is 2.00 e. The molecule has 15 heteroatoms. The van der Waals surface area contributed by atoms with Crippen molar-refractivity contribution in [1.82, 2.24) is 9.97 Å². The number of hydrogen-bond acceptors (Lipinski definition) is 5. The number of rotatable bonds is 4. The predicted molar refractivity (Wildman–Crippen MR) is 207 cm³/mol. The molecular formula is C44H32CoF6N8. The Bertz CT molecular complexity index is 2740. The van der Waals surface area contributed by atoms with Crippen LogP contribution in [0.25, 0.3) is 16.0 Å². The molecule has 8 nitrogen and oxygen atoms in total. The zero-order valence-electron chi connectivity index (χ0n) is 32.8. The molecule has 0 unspecified atom stereocenters. The SMILES string of the molecule is CC1=N/C(=C(/c2ccc(C#N)cc2)c2[n-]c(C)c(C(F)(F)F)c2C)C(C)=C1C#N.[C-]#[N+]c1c(C)[n-]c(/C(=C2\N=C(C)C(C(F)(F)F)=C2C)c2ccc(C#N)cc2)c1C.[Co+2]. The molecule has 2 aromatic heterocycles. The minimum absolute atomic E-state index is 0. The first-order valence-corrected chi connectivity index (χ1v) is 17.4. The quantitative estimate of drug-likeness (QED) is 0.149. The van der Waals surface area contributed by atoms with Gasteiger partial charge in [0, 0.05) is 5.56 Å². The summed E-state index contributed by atoms with van der Waals surface area (Å²) in [4.78, 5) is 20.9. The minimum Gasteiger partial charge on any atom is -0.671 e. The Kier molecular flexibility index (Phi) is 13.0. The summed E-state index contributed by atoms with van der Waals surface area (Å²) in [6.45, 7) is 19.6. The van der Waals surface area contributed by atoms with Gasteiger partial charge in [0.05, 0.1) is 63.8 Å². The van der Waals surface area contributed by atoms with Crippen LogP contribution in [-0.2, 0) is 23.0 Å². The predicted octanol–water partition coefficient (Wildman–Crippen LogP) is 11.0. The van der Waals surface area contributed by atoms with Gasteiger partial charge in [-0.2, -0.15) is 47.8 Å². The smallest absolute Gasteiger partial charge is 0.671 e. The Morgan fingerprint density at radius 2 is 1.05 bits per heavy atom. The number of aryl methyl sites for hydroxylation is 2. The fraction of sp³-hybridized carbons (Fsp3) is 0.227. The average Bonchev–Trinajstić information content (AvgIpc) is 3.83. The zero-order chi connectivity index (χ0) is 43.0. The van der Waals surface area contributed by atoms with Gasteiger partial charge in [-0.3, -0.25) is 9.98 Å². The van der Waals surface area contributed by atoms with Crippen LogP contribution in [0, 0.1) is 68.3 Å². The standard InChI is InChI=1S/2C22H16F3N4.Co/c1-11-18(22(23,24)25)13(3)28-20(11)17(16-8-6-15(10-26)7-9-16)21-12(2)19(27-5)14(4)29-21;1-11-17(10-27)13(3)28-20(11)18(16-7-5-15(9-26)6-8-16)21-12(2)19(14(4)29-21)22(23,24)25;/h6-9H,1-4H3;5-8H,1-4H3;/q2*-1;+2/b20-17-;20-18-;. The molecule has 6 rings (SSSR count). The second-order valence-corrected chi connectivity index (χ2v) is 13.5. The molecule has 0 amide bonds. The molecule has 0 saturated heterocycles. The van der Waals surface area contributed by atoms with Gasteiger partial charge in [-0.1, -0.05) is 56.2 Å². The number of alkyl halides is 6. The molecule has 4 aromatic rings. The van der Waals surface area contributed by atoms with E-state index in [9.17, 15) is 31.6 Å². The summed E-state index contributed by atoms with van der Waals surface area (Å²) in [5, 5.41) is 27.5. The van der Waals surface area contributed by atoms with Crippen LogP contribution >= 0.6 is 0 Å². The van der Waals surface area contributed by atoms with E-state index in [0.717, 1.165) is 0 Å². The van der Waals surface area contributed by atoms with Crippen molar-refractivity contribution in [2.45, 2.75) is 67.7 Å². The van der Waals surface area contributed by atoms with Gasteiger partial charge in [-0.25, -0.2) is 4.85 Å². The van der Waals surface area contributed by atoms with Gasteiger partial charge >= 0.3 is 29.1 Å². The molecule has 59 heavy (non-hydrogen) atoms. The minimum atomic E-state index is -4.53. The Morgan fingerprint density at radius 3 is 1.41 bits per heavy atom. The van der Waals surface area contributed by atoms with Crippen molar-refractivity contribution in [3.05, 3.63) is 155 Å². The maximum atomic E-state index is 13.6. The van der Waals surface area contributed by atoms with E-state index in [1.165, 1.54) is 27.7 Å². The van der Waals surface area contributed by atoms with Crippen LogP contribution in [0.3, 0.4) is 0 Å². The summed E-state index contributed by atoms with van der Waals surface area (Å²) in [7, 11) is 0. The topological polar surface area (TPSA) is 129 Å². The van der Waals surface area contributed by atoms with Crippen LogP contribution < -0.4 is 9.97 Å². The molecule has 4 heterocycles. The molecule has 0 atom stereocenters. The Morgan fingerprint density at radius 1 is 0.610 bits per heavy atom. The Labute approximate surface area is 347 Å². The molecule has 0 spiro atoms. The number of aromatic nitrogens is 2. The first kappa shape index (κ1) is 45.1. The summed E-state index contributed by atoms with van der Waals surface area (Å²) in [5.74, 6) is 0. The van der Waals surface area contributed by atoms with Gasteiger partial charge in [0.2, 0.25) is 0 Å². The molecule has 0 bridgehead atoms. The van der Waals surface area contributed by atoms with E-state index in [1.807, 2.05) is 12.1 Å². The number of benzene rings is 2. The molecule has 2 aliphatic rings. The molecule has 0 N–H and O–H groups in total. The van der Waals surface area contributed by atoms with Gasteiger partial charge in [0.1, 0.15) is 6.07 Å². The third kappa shape index (κ3) is 8.49. The summed E-state index contributed by atoms with van der Waals surface area (Å²) in [6, 6.07) is 19.1. The number of nitriles is 3. The largest absolute Gasteiger partial charge is 2.00 e.